The lowest BCUT2D eigenvalue weighted by Crippen LogP contribution is -2.12. The van der Waals surface area contributed by atoms with Crippen molar-refractivity contribution in [3.05, 3.63) is 82.9 Å². The normalized spacial score (nSPS) is 19.0. The zero-order chi connectivity index (χ0) is 20.2. The summed E-state index contributed by atoms with van der Waals surface area (Å²) in [7, 11) is 0. The zero-order valence-corrected chi connectivity index (χ0v) is 16.8. The van der Waals surface area contributed by atoms with E-state index in [4.69, 9.17) is 0 Å². The van der Waals surface area contributed by atoms with Gasteiger partial charge in [0.15, 0.2) is 11.6 Å². The summed E-state index contributed by atoms with van der Waals surface area (Å²) in [5, 5.41) is 0.940. The number of benzene rings is 3. The maximum absolute atomic E-state index is 13.8. The molecule has 0 spiro atoms. The molecule has 1 saturated carbocycles. The van der Waals surface area contributed by atoms with E-state index in [1.165, 1.54) is 37.7 Å². The molecule has 1 fully saturated rings. The fraction of sp³-hybridized carbons (Fsp3) is 0.333. The van der Waals surface area contributed by atoms with Gasteiger partial charge in [0.25, 0.3) is 0 Å². The van der Waals surface area contributed by atoms with Gasteiger partial charge in [-0.25, -0.2) is 8.78 Å². The van der Waals surface area contributed by atoms with Crippen LogP contribution >= 0.6 is 0 Å². The molecule has 1 aliphatic carbocycles. The number of hydrogen-bond acceptors (Lipinski definition) is 0. The van der Waals surface area contributed by atoms with E-state index in [1.807, 2.05) is 0 Å². The Balaban J connectivity index is 1.40. The van der Waals surface area contributed by atoms with Gasteiger partial charge in [0, 0.05) is 16.5 Å². The Kier molecular flexibility index (Phi) is 5.95. The molecule has 0 N–H and O–H groups in total. The van der Waals surface area contributed by atoms with Crippen molar-refractivity contribution < 1.29 is 8.78 Å². The summed E-state index contributed by atoms with van der Waals surface area (Å²) in [6, 6.07) is 16.3. The lowest BCUT2D eigenvalue weighted by atomic mass is 9.80. The van der Waals surface area contributed by atoms with E-state index < -0.39 is 11.6 Å². The van der Waals surface area contributed by atoms with Crippen molar-refractivity contribution in [2.24, 2.45) is 11.8 Å². The summed E-state index contributed by atoms with van der Waals surface area (Å²) in [5.41, 5.74) is 3.13. The highest BCUT2D eigenvalue weighted by atomic mass is 19.2. The van der Waals surface area contributed by atoms with Crippen molar-refractivity contribution in [2.75, 3.05) is 0 Å². The maximum atomic E-state index is 13.8. The Labute approximate surface area is 172 Å². The van der Waals surface area contributed by atoms with Crippen LogP contribution in [0.5, 0.6) is 0 Å². The van der Waals surface area contributed by atoms with Crippen LogP contribution in [0.1, 0.15) is 55.7 Å². The summed E-state index contributed by atoms with van der Waals surface area (Å²) in [6.45, 7) is 2.37. The standard InChI is InChI=1S/C27H26F2/c1-19-2-4-20(5-3-19)6-7-21-8-10-22(11-9-21)12-13-23-14-16-25-24(18-23)15-17-26(28)27(25)29/h8-11,14-20H,2-7H2,1H3. The first-order valence-corrected chi connectivity index (χ1v) is 10.6. The van der Waals surface area contributed by atoms with Gasteiger partial charge in [-0.15, -0.1) is 0 Å². The first kappa shape index (κ1) is 19.6. The van der Waals surface area contributed by atoms with E-state index in [0.717, 1.165) is 35.4 Å². The monoisotopic (exact) mass is 388 g/mol. The van der Waals surface area contributed by atoms with Gasteiger partial charge in [0.05, 0.1) is 0 Å². The van der Waals surface area contributed by atoms with E-state index in [0.29, 0.717) is 5.39 Å². The van der Waals surface area contributed by atoms with Crippen LogP contribution in [0.25, 0.3) is 10.8 Å². The number of hydrogen-bond donors (Lipinski definition) is 0. The molecule has 0 saturated heterocycles. The summed E-state index contributed by atoms with van der Waals surface area (Å²) in [4.78, 5) is 0. The van der Waals surface area contributed by atoms with E-state index in [-0.39, 0.29) is 5.39 Å². The summed E-state index contributed by atoms with van der Waals surface area (Å²) >= 11 is 0. The largest absolute Gasteiger partial charge is 0.204 e. The Morgan fingerprint density at radius 1 is 0.828 bits per heavy atom. The van der Waals surface area contributed by atoms with Crippen LogP contribution in [-0.2, 0) is 6.42 Å². The van der Waals surface area contributed by atoms with Crippen LogP contribution in [0.2, 0.25) is 0 Å². The third kappa shape index (κ3) is 4.85. The maximum Gasteiger partial charge on any atom is 0.166 e. The molecule has 4 rings (SSSR count). The second kappa shape index (κ2) is 8.78. The van der Waals surface area contributed by atoms with Gasteiger partial charge < -0.3 is 0 Å². The minimum absolute atomic E-state index is 0.285. The quantitative estimate of drug-likeness (QED) is 0.414. The summed E-state index contributed by atoms with van der Waals surface area (Å²) in [5.74, 6) is 6.46. The van der Waals surface area contributed by atoms with Crippen molar-refractivity contribution in [1.29, 1.82) is 0 Å². The molecule has 2 heteroatoms. The number of fused-ring (bicyclic) bond motifs is 1. The molecule has 0 heterocycles. The van der Waals surface area contributed by atoms with Crippen LogP contribution in [0.3, 0.4) is 0 Å². The fourth-order valence-corrected chi connectivity index (χ4v) is 4.23. The molecule has 0 bridgehead atoms. The molecule has 1 aliphatic rings. The molecule has 3 aromatic rings. The average Bonchev–Trinajstić information content (AvgIpc) is 2.75. The second-order valence-electron chi connectivity index (χ2n) is 8.41. The first-order valence-electron chi connectivity index (χ1n) is 10.6. The number of rotatable bonds is 3. The molecule has 0 atom stereocenters. The van der Waals surface area contributed by atoms with Gasteiger partial charge in [-0.1, -0.05) is 68.7 Å². The summed E-state index contributed by atoms with van der Waals surface area (Å²) in [6.07, 6.45) is 7.96. The molecular formula is C27H26F2. The second-order valence-corrected chi connectivity index (χ2v) is 8.41. The molecule has 0 nitrogen and oxygen atoms in total. The van der Waals surface area contributed by atoms with E-state index in [2.05, 4.69) is 43.0 Å². The Morgan fingerprint density at radius 2 is 1.52 bits per heavy atom. The smallest absolute Gasteiger partial charge is 0.166 e. The van der Waals surface area contributed by atoms with E-state index >= 15 is 0 Å². The van der Waals surface area contributed by atoms with Gasteiger partial charge in [-0.05, 0) is 66.0 Å². The Bertz CT molecular complexity index is 1050. The van der Waals surface area contributed by atoms with Crippen LogP contribution in [0, 0.1) is 35.3 Å². The molecule has 0 aromatic heterocycles. The molecule has 0 aliphatic heterocycles. The lowest BCUT2D eigenvalue weighted by molar-refractivity contribution is 0.278. The molecule has 3 aromatic carbocycles. The van der Waals surface area contributed by atoms with Crippen LogP contribution in [-0.4, -0.2) is 0 Å². The van der Waals surface area contributed by atoms with Crippen molar-refractivity contribution in [3.63, 3.8) is 0 Å². The third-order valence-electron chi connectivity index (χ3n) is 6.19. The van der Waals surface area contributed by atoms with Crippen molar-refractivity contribution >= 4 is 10.8 Å². The van der Waals surface area contributed by atoms with Crippen LogP contribution in [0.4, 0.5) is 8.78 Å². The van der Waals surface area contributed by atoms with E-state index in [9.17, 15) is 8.78 Å². The van der Waals surface area contributed by atoms with Crippen molar-refractivity contribution in [3.8, 4) is 11.8 Å². The fourth-order valence-electron chi connectivity index (χ4n) is 4.23. The van der Waals surface area contributed by atoms with E-state index in [1.54, 1.807) is 24.3 Å². The predicted molar refractivity (Wildman–Crippen MR) is 116 cm³/mol. The Morgan fingerprint density at radius 3 is 2.28 bits per heavy atom. The van der Waals surface area contributed by atoms with Gasteiger partial charge in [-0.2, -0.15) is 0 Å². The SMILES string of the molecule is CC1CCC(CCc2ccc(C#Cc3ccc4c(F)c(F)ccc4c3)cc2)CC1. The van der Waals surface area contributed by atoms with Crippen molar-refractivity contribution in [1.82, 2.24) is 0 Å². The highest BCUT2D eigenvalue weighted by molar-refractivity contribution is 5.84. The minimum Gasteiger partial charge on any atom is -0.204 e. The minimum atomic E-state index is -0.825. The molecular weight excluding hydrogens is 362 g/mol. The molecule has 0 radical (unpaired) electrons. The molecule has 29 heavy (non-hydrogen) atoms. The highest BCUT2D eigenvalue weighted by Gasteiger charge is 2.17. The number of halogens is 2. The summed E-state index contributed by atoms with van der Waals surface area (Å²) < 4.78 is 27.1. The highest BCUT2D eigenvalue weighted by Crippen LogP contribution is 2.31. The van der Waals surface area contributed by atoms with Crippen LogP contribution in [0.15, 0.2) is 54.6 Å². The van der Waals surface area contributed by atoms with Gasteiger partial charge >= 0.3 is 0 Å². The van der Waals surface area contributed by atoms with Crippen molar-refractivity contribution in [2.45, 2.75) is 45.4 Å². The average molecular weight is 389 g/mol. The molecule has 148 valence electrons. The van der Waals surface area contributed by atoms with Gasteiger partial charge in [0.1, 0.15) is 0 Å². The van der Waals surface area contributed by atoms with Crippen LogP contribution < -0.4 is 0 Å². The lowest BCUT2D eigenvalue weighted by Gasteiger charge is -2.26. The molecule has 0 amide bonds. The first-order chi connectivity index (χ1) is 14.1. The molecule has 0 unspecified atom stereocenters. The third-order valence-corrected chi connectivity index (χ3v) is 6.19. The van der Waals surface area contributed by atoms with Gasteiger partial charge in [0.2, 0.25) is 0 Å². The predicted octanol–water partition coefficient (Wildman–Crippen LogP) is 7.28. The zero-order valence-electron chi connectivity index (χ0n) is 16.8. The number of aryl methyl sites for hydroxylation is 1. The topological polar surface area (TPSA) is 0 Å². The Hall–Kier alpha value is -2.66. The van der Waals surface area contributed by atoms with Gasteiger partial charge in [-0.3, -0.25) is 0 Å².